The Hall–Kier alpha value is -1.02. The van der Waals surface area contributed by atoms with Gasteiger partial charge in [-0.2, -0.15) is 0 Å². The second-order valence-electron chi connectivity index (χ2n) is 2.96. The molecule has 0 aliphatic heterocycles. The van der Waals surface area contributed by atoms with Crippen LogP contribution in [0.5, 0.6) is 5.75 Å². The number of ether oxygens (including phenoxy) is 1. The van der Waals surface area contributed by atoms with E-state index >= 15 is 0 Å². The second kappa shape index (κ2) is 11.1. The number of carbonyl (C=O) groups excluding carboxylic acids is 1. The number of unbranched alkanes of at least 4 members (excludes halogenated alkanes) is 2. The van der Waals surface area contributed by atoms with Crippen LogP contribution in [-0.2, 0) is 4.79 Å². The third-order valence-electron chi connectivity index (χ3n) is 1.76. The molecule has 0 radical (unpaired) electrons. The van der Waals surface area contributed by atoms with Gasteiger partial charge in [-0.25, -0.2) is 0 Å². The van der Waals surface area contributed by atoms with Crippen LogP contribution in [-0.4, -0.2) is 12.4 Å². The third-order valence-corrected chi connectivity index (χ3v) is 1.76. The second-order valence-corrected chi connectivity index (χ2v) is 3.14. The minimum absolute atomic E-state index is 0.222. The molecule has 3 heteroatoms. The van der Waals surface area contributed by atoms with Gasteiger partial charge in [0.05, 0.1) is 6.61 Å². The first kappa shape index (κ1) is 14.0. The van der Waals surface area contributed by atoms with E-state index in [0.29, 0.717) is 0 Å². The Kier molecular flexibility index (Phi) is 10.3. The highest BCUT2D eigenvalue weighted by molar-refractivity contribution is 6.54. The molecule has 0 atom stereocenters. The number of para-hydroxylation sites is 1. The Morgan fingerprint density at radius 1 is 1.27 bits per heavy atom. The van der Waals surface area contributed by atoms with Gasteiger partial charge in [-0.05, 0) is 30.2 Å². The van der Waals surface area contributed by atoms with Crippen molar-refractivity contribution in [2.45, 2.75) is 26.2 Å². The van der Waals surface area contributed by atoms with Crippen molar-refractivity contribution in [3.8, 4) is 5.75 Å². The highest BCUT2D eigenvalue weighted by Crippen LogP contribution is 2.08. The summed E-state index contributed by atoms with van der Waals surface area (Å²) in [4.78, 5) is 8.57. The summed E-state index contributed by atoms with van der Waals surface area (Å²) < 4.78 is 5.51. The number of rotatable bonds is 5. The van der Waals surface area contributed by atoms with Crippen molar-refractivity contribution >= 4 is 17.3 Å². The van der Waals surface area contributed by atoms with Crippen LogP contribution in [0, 0.1) is 0 Å². The standard InChI is InChI=1S/C11H16O.CHClO/c1-2-3-7-10-12-11-8-5-4-6-9-11;2-1-3/h4-6,8-9H,2-3,7,10H2,1H3;1H. The maximum absolute atomic E-state index is 8.57. The van der Waals surface area contributed by atoms with Crippen molar-refractivity contribution in [1.29, 1.82) is 0 Å². The third kappa shape index (κ3) is 9.29. The van der Waals surface area contributed by atoms with E-state index in [0.717, 1.165) is 18.8 Å². The summed E-state index contributed by atoms with van der Waals surface area (Å²) in [7, 11) is 0. The van der Waals surface area contributed by atoms with E-state index in [-0.39, 0.29) is 5.75 Å². The lowest BCUT2D eigenvalue weighted by molar-refractivity contribution is 0.306. The molecule has 1 aromatic carbocycles. The first-order valence-corrected chi connectivity index (χ1v) is 5.50. The van der Waals surface area contributed by atoms with Gasteiger partial charge in [-0.3, -0.25) is 4.79 Å². The summed E-state index contributed by atoms with van der Waals surface area (Å²) in [5.41, 5.74) is 0. The smallest absolute Gasteiger partial charge is 0.208 e. The molecule has 15 heavy (non-hydrogen) atoms. The lowest BCUT2D eigenvalue weighted by Crippen LogP contribution is -1.96. The molecular formula is C12H17ClO2. The van der Waals surface area contributed by atoms with Gasteiger partial charge in [-0.1, -0.05) is 38.0 Å². The summed E-state index contributed by atoms with van der Waals surface area (Å²) in [6.45, 7) is 3.04. The number of halogens is 1. The van der Waals surface area contributed by atoms with E-state index in [4.69, 9.17) is 9.53 Å². The molecule has 84 valence electrons. The molecular weight excluding hydrogens is 212 g/mol. The Labute approximate surface area is 96.2 Å². The van der Waals surface area contributed by atoms with Gasteiger partial charge in [-0.15, -0.1) is 0 Å². The molecule has 0 aliphatic carbocycles. The Balaban J connectivity index is 0.000000583. The van der Waals surface area contributed by atoms with Crippen LogP contribution in [0.25, 0.3) is 0 Å². The van der Waals surface area contributed by atoms with Crippen LogP contribution in [0.1, 0.15) is 26.2 Å². The highest BCUT2D eigenvalue weighted by Gasteiger charge is 1.89. The Morgan fingerprint density at radius 3 is 2.40 bits per heavy atom. The molecule has 0 bridgehead atoms. The van der Waals surface area contributed by atoms with Gasteiger partial charge >= 0.3 is 0 Å². The van der Waals surface area contributed by atoms with Gasteiger partial charge in [0, 0.05) is 0 Å². The zero-order valence-electron chi connectivity index (χ0n) is 8.99. The molecule has 0 spiro atoms. The molecule has 0 amide bonds. The van der Waals surface area contributed by atoms with Gasteiger partial charge in [0.1, 0.15) is 5.75 Å². The van der Waals surface area contributed by atoms with Gasteiger partial charge in [0.25, 0.3) is 0 Å². The fraction of sp³-hybridized carbons (Fsp3) is 0.417. The summed E-state index contributed by atoms with van der Waals surface area (Å²) in [5.74, 6) is 1.20. The monoisotopic (exact) mass is 228 g/mol. The summed E-state index contributed by atoms with van der Waals surface area (Å²) in [5, 5.41) is 0. The fourth-order valence-electron chi connectivity index (χ4n) is 1.06. The average molecular weight is 229 g/mol. The predicted octanol–water partition coefficient (Wildman–Crippen LogP) is 3.67. The van der Waals surface area contributed by atoms with E-state index in [1.165, 1.54) is 12.8 Å². The minimum atomic E-state index is 0.222. The fourth-order valence-corrected chi connectivity index (χ4v) is 1.06. The quantitative estimate of drug-likeness (QED) is 0.437. The molecule has 0 heterocycles. The number of hydrogen-bond donors (Lipinski definition) is 0. The predicted molar refractivity (Wildman–Crippen MR) is 64.1 cm³/mol. The highest BCUT2D eigenvalue weighted by atomic mass is 35.5. The van der Waals surface area contributed by atoms with Crippen LogP contribution in [0.15, 0.2) is 30.3 Å². The number of hydrogen-bond acceptors (Lipinski definition) is 2. The SMILES string of the molecule is CCCCCOc1ccccc1.O=CCl. The molecule has 0 N–H and O–H groups in total. The van der Waals surface area contributed by atoms with E-state index in [2.05, 4.69) is 18.5 Å². The molecule has 1 aromatic rings. The van der Waals surface area contributed by atoms with Crippen molar-refractivity contribution in [2.75, 3.05) is 6.61 Å². The topological polar surface area (TPSA) is 26.3 Å². The zero-order chi connectivity index (χ0) is 11.4. The molecule has 0 unspecified atom stereocenters. The average Bonchev–Trinajstić information content (AvgIpc) is 2.27. The van der Waals surface area contributed by atoms with Crippen LogP contribution >= 0.6 is 11.6 Å². The van der Waals surface area contributed by atoms with Crippen LogP contribution in [0.4, 0.5) is 0 Å². The molecule has 0 saturated heterocycles. The maximum atomic E-state index is 8.57. The van der Waals surface area contributed by atoms with Crippen LogP contribution in [0.2, 0.25) is 0 Å². The van der Waals surface area contributed by atoms with Crippen molar-refractivity contribution in [1.82, 2.24) is 0 Å². The number of benzene rings is 1. The Morgan fingerprint density at radius 2 is 1.87 bits per heavy atom. The molecule has 0 aliphatic rings. The van der Waals surface area contributed by atoms with E-state index < -0.39 is 0 Å². The summed E-state index contributed by atoms with van der Waals surface area (Å²) in [6.07, 6.45) is 3.66. The van der Waals surface area contributed by atoms with E-state index in [9.17, 15) is 0 Å². The minimum Gasteiger partial charge on any atom is -0.494 e. The summed E-state index contributed by atoms with van der Waals surface area (Å²) in [6, 6.07) is 9.97. The van der Waals surface area contributed by atoms with Crippen LogP contribution in [0.3, 0.4) is 0 Å². The molecule has 1 rings (SSSR count). The summed E-state index contributed by atoms with van der Waals surface area (Å²) >= 11 is 4.32. The Bertz CT molecular complexity index is 237. The molecule has 0 aromatic heterocycles. The van der Waals surface area contributed by atoms with Crippen LogP contribution < -0.4 is 4.74 Å². The van der Waals surface area contributed by atoms with Crippen molar-refractivity contribution in [3.63, 3.8) is 0 Å². The normalized spacial score (nSPS) is 8.67. The zero-order valence-corrected chi connectivity index (χ0v) is 9.74. The van der Waals surface area contributed by atoms with Crippen molar-refractivity contribution in [3.05, 3.63) is 30.3 Å². The molecule has 0 fully saturated rings. The number of carbonyl (C=O) groups is 1. The maximum Gasteiger partial charge on any atom is 0.208 e. The van der Waals surface area contributed by atoms with Gasteiger partial charge < -0.3 is 4.74 Å². The molecule has 0 saturated carbocycles. The lowest BCUT2D eigenvalue weighted by Gasteiger charge is -2.04. The largest absolute Gasteiger partial charge is 0.494 e. The van der Waals surface area contributed by atoms with Gasteiger partial charge in [0.15, 0.2) is 0 Å². The van der Waals surface area contributed by atoms with E-state index in [1.54, 1.807) is 0 Å². The lowest BCUT2D eigenvalue weighted by atomic mass is 10.3. The van der Waals surface area contributed by atoms with E-state index in [1.807, 2.05) is 30.3 Å². The molecule has 2 nitrogen and oxygen atoms in total. The first-order valence-electron chi connectivity index (χ1n) is 5.06. The van der Waals surface area contributed by atoms with Crippen molar-refractivity contribution < 1.29 is 9.53 Å². The van der Waals surface area contributed by atoms with Crippen molar-refractivity contribution in [2.24, 2.45) is 0 Å². The first-order chi connectivity index (χ1) is 7.35. The van der Waals surface area contributed by atoms with Gasteiger partial charge in [0.2, 0.25) is 5.75 Å².